The number of nitrogens with one attached hydrogen (secondary N) is 1. The molecule has 1 aromatic carbocycles. The minimum Gasteiger partial charge on any atom is -0.407 e. The van der Waals surface area contributed by atoms with E-state index in [0.717, 1.165) is 13.1 Å². The first-order valence-corrected chi connectivity index (χ1v) is 10.2. The number of morpholine rings is 1. The third kappa shape index (κ3) is 5.25. The van der Waals surface area contributed by atoms with Gasteiger partial charge in [0.05, 0.1) is 29.7 Å². The highest BCUT2D eigenvalue weighted by molar-refractivity contribution is 5.76. The van der Waals surface area contributed by atoms with Gasteiger partial charge in [-0.3, -0.25) is 24.4 Å². The third-order valence-corrected chi connectivity index (χ3v) is 5.44. The molecule has 1 fully saturated rings. The van der Waals surface area contributed by atoms with Crippen LogP contribution in [0.15, 0.2) is 27.4 Å². The second-order valence-corrected chi connectivity index (χ2v) is 7.80. The predicted molar refractivity (Wildman–Crippen MR) is 110 cm³/mol. The number of aryl methyl sites for hydroxylation is 1. The predicted octanol–water partition coefficient (Wildman–Crippen LogP) is 1.76. The molecule has 1 saturated heterocycles. The fourth-order valence-corrected chi connectivity index (χ4v) is 3.78. The van der Waals surface area contributed by atoms with E-state index in [4.69, 9.17) is 9.15 Å². The maximum atomic E-state index is 12.3. The molecule has 1 aliphatic rings. The number of oxazole rings is 1. The van der Waals surface area contributed by atoms with E-state index in [1.54, 1.807) is 0 Å². The summed E-state index contributed by atoms with van der Waals surface area (Å²) in [5.74, 6) is -0.244. The van der Waals surface area contributed by atoms with Crippen molar-refractivity contribution in [3.63, 3.8) is 0 Å². The molecule has 1 N–H and O–H groups in total. The number of benzene rings is 1. The molecule has 3 rings (SSSR count). The number of carbonyl (C=O) groups is 1. The fourth-order valence-electron chi connectivity index (χ4n) is 3.78. The van der Waals surface area contributed by atoms with Crippen LogP contribution in [0.5, 0.6) is 0 Å². The largest absolute Gasteiger partial charge is 0.419 e. The maximum Gasteiger partial charge on any atom is 0.419 e. The molecule has 164 valence electrons. The van der Waals surface area contributed by atoms with E-state index in [0.29, 0.717) is 44.2 Å². The number of non-ortho nitro benzene ring substituents is 1. The van der Waals surface area contributed by atoms with Crippen molar-refractivity contribution in [3.8, 4) is 0 Å². The molecule has 0 aliphatic carbocycles. The van der Waals surface area contributed by atoms with E-state index in [-0.39, 0.29) is 29.6 Å². The first kappa shape index (κ1) is 22.0. The summed E-state index contributed by atoms with van der Waals surface area (Å²) < 4.78 is 11.9. The number of hydrogen-bond donors (Lipinski definition) is 1. The molecule has 2 aromatic rings. The smallest absolute Gasteiger partial charge is 0.407 e. The summed E-state index contributed by atoms with van der Waals surface area (Å²) in [5.41, 5.74) is 0.518. The number of nitrogens with zero attached hydrogens (tertiary/aromatic N) is 3. The SMILES string of the molecule is CC(C)C(CNC(=O)CCCn1c(=O)oc2cc([N+](=O)[O-])ccc21)N1CCOCC1. The van der Waals surface area contributed by atoms with Crippen LogP contribution >= 0.6 is 0 Å². The molecule has 1 unspecified atom stereocenters. The molecule has 1 aliphatic heterocycles. The van der Waals surface area contributed by atoms with Gasteiger partial charge in [-0.1, -0.05) is 13.8 Å². The Morgan fingerprint density at radius 2 is 2.03 bits per heavy atom. The lowest BCUT2D eigenvalue weighted by molar-refractivity contribution is -0.384. The van der Waals surface area contributed by atoms with Gasteiger partial charge >= 0.3 is 5.76 Å². The van der Waals surface area contributed by atoms with Crippen LogP contribution < -0.4 is 11.1 Å². The number of hydrogen-bond acceptors (Lipinski definition) is 7. The highest BCUT2D eigenvalue weighted by Gasteiger charge is 2.24. The Hall–Kier alpha value is -2.72. The van der Waals surface area contributed by atoms with Crippen LogP contribution in [0.2, 0.25) is 0 Å². The number of carbonyl (C=O) groups excluding carboxylic acids is 1. The highest BCUT2D eigenvalue weighted by atomic mass is 16.6. The monoisotopic (exact) mass is 420 g/mol. The van der Waals surface area contributed by atoms with Gasteiger partial charge in [-0.05, 0) is 18.4 Å². The lowest BCUT2D eigenvalue weighted by atomic mass is 10.0. The Bertz CT molecular complexity index is 944. The van der Waals surface area contributed by atoms with E-state index in [1.165, 1.54) is 22.8 Å². The van der Waals surface area contributed by atoms with Crippen LogP contribution in [0.3, 0.4) is 0 Å². The molecule has 2 heterocycles. The quantitative estimate of drug-likeness (QED) is 0.485. The molecule has 10 heteroatoms. The van der Waals surface area contributed by atoms with Crippen LogP contribution in [0.1, 0.15) is 26.7 Å². The van der Waals surface area contributed by atoms with Crippen LogP contribution in [-0.2, 0) is 16.1 Å². The van der Waals surface area contributed by atoms with Gasteiger partial charge in [-0.15, -0.1) is 0 Å². The Balaban J connectivity index is 1.52. The van der Waals surface area contributed by atoms with Crippen molar-refractivity contribution in [2.45, 2.75) is 39.3 Å². The van der Waals surface area contributed by atoms with Gasteiger partial charge in [0.2, 0.25) is 5.91 Å². The average Bonchev–Trinajstić information content (AvgIpc) is 3.03. The summed E-state index contributed by atoms with van der Waals surface area (Å²) in [7, 11) is 0. The van der Waals surface area contributed by atoms with Gasteiger partial charge in [0.15, 0.2) is 5.58 Å². The third-order valence-electron chi connectivity index (χ3n) is 5.44. The number of aromatic nitrogens is 1. The number of rotatable bonds is 9. The summed E-state index contributed by atoms with van der Waals surface area (Å²) in [6.45, 7) is 8.34. The number of amides is 1. The molecule has 1 amide bonds. The Morgan fingerprint density at radius 3 is 2.70 bits per heavy atom. The second-order valence-electron chi connectivity index (χ2n) is 7.80. The first-order valence-electron chi connectivity index (χ1n) is 10.2. The van der Waals surface area contributed by atoms with E-state index in [9.17, 15) is 19.7 Å². The standard InChI is InChI=1S/C20H28N4O6/c1-14(2)17(22-8-10-29-11-9-22)13-21-19(25)4-3-7-23-16-6-5-15(24(27)28)12-18(16)30-20(23)26/h5-6,12,14,17H,3-4,7-11,13H2,1-2H3,(H,21,25). The molecule has 10 nitrogen and oxygen atoms in total. The van der Waals surface area contributed by atoms with Crippen molar-refractivity contribution in [2.75, 3.05) is 32.8 Å². The summed E-state index contributed by atoms with van der Waals surface area (Å²) in [6.07, 6.45) is 0.737. The summed E-state index contributed by atoms with van der Waals surface area (Å²) in [6, 6.07) is 4.32. The van der Waals surface area contributed by atoms with Crippen molar-refractivity contribution >= 4 is 22.7 Å². The average molecular weight is 420 g/mol. The summed E-state index contributed by atoms with van der Waals surface area (Å²) in [4.78, 5) is 37.1. The Morgan fingerprint density at radius 1 is 1.30 bits per heavy atom. The van der Waals surface area contributed by atoms with Crippen molar-refractivity contribution < 1.29 is 18.9 Å². The Kier molecular flexibility index (Phi) is 7.22. The zero-order valence-electron chi connectivity index (χ0n) is 17.3. The zero-order chi connectivity index (χ0) is 21.7. The van der Waals surface area contributed by atoms with Gasteiger partial charge < -0.3 is 14.5 Å². The molecule has 0 bridgehead atoms. The van der Waals surface area contributed by atoms with E-state index in [1.807, 2.05) is 0 Å². The fraction of sp³-hybridized carbons (Fsp3) is 0.600. The minimum absolute atomic E-state index is 0.0644. The van der Waals surface area contributed by atoms with Gasteiger partial charge in [0.25, 0.3) is 5.69 Å². The molecular weight excluding hydrogens is 392 g/mol. The highest BCUT2D eigenvalue weighted by Crippen LogP contribution is 2.20. The molecule has 0 spiro atoms. The number of nitro benzene ring substituents is 1. The summed E-state index contributed by atoms with van der Waals surface area (Å²) in [5, 5.41) is 13.9. The summed E-state index contributed by atoms with van der Waals surface area (Å²) >= 11 is 0. The van der Waals surface area contributed by atoms with E-state index in [2.05, 4.69) is 24.1 Å². The molecule has 30 heavy (non-hydrogen) atoms. The molecule has 1 aromatic heterocycles. The van der Waals surface area contributed by atoms with Crippen molar-refractivity contribution in [2.24, 2.45) is 5.92 Å². The second kappa shape index (κ2) is 9.86. The Labute approximate surface area is 173 Å². The first-order chi connectivity index (χ1) is 14.4. The van der Waals surface area contributed by atoms with Crippen LogP contribution in [0.25, 0.3) is 11.1 Å². The van der Waals surface area contributed by atoms with Crippen molar-refractivity contribution in [1.29, 1.82) is 0 Å². The number of nitro groups is 1. The number of fused-ring (bicyclic) bond motifs is 1. The van der Waals surface area contributed by atoms with E-state index < -0.39 is 10.7 Å². The normalized spacial score (nSPS) is 16.1. The molecule has 0 radical (unpaired) electrons. The van der Waals surface area contributed by atoms with Gasteiger partial charge in [0.1, 0.15) is 0 Å². The van der Waals surface area contributed by atoms with Crippen LogP contribution in [-0.4, -0.2) is 59.2 Å². The van der Waals surface area contributed by atoms with E-state index >= 15 is 0 Å². The molecule has 0 saturated carbocycles. The van der Waals surface area contributed by atoms with Gasteiger partial charge in [-0.2, -0.15) is 0 Å². The van der Waals surface area contributed by atoms with Crippen molar-refractivity contribution in [1.82, 2.24) is 14.8 Å². The number of ether oxygens (including phenoxy) is 1. The van der Waals surface area contributed by atoms with Gasteiger partial charge in [0, 0.05) is 44.7 Å². The van der Waals surface area contributed by atoms with Crippen LogP contribution in [0.4, 0.5) is 5.69 Å². The topological polar surface area (TPSA) is 120 Å². The lowest BCUT2D eigenvalue weighted by Gasteiger charge is -2.36. The van der Waals surface area contributed by atoms with Gasteiger partial charge in [-0.25, -0.2) is 4.79 Å². The van der Waals surface area contributed by atoms with Crippen LogP contribution in [0, 0.1) is 16.0 Å². The van der Waals surface area contributed by atoms with Crippen molar-refractivity contribution in [3.05, 3.63) is 38.9 Å². The molecule has 1 atom stereocenters. The minimum atomic E-state index is -0.585. The lowest BCUT2D eigenvalue weighted by Crippen LogP contribution is -2.51. The molecular formula is C20H28N4O6. The maximum absolute atomic E-state index is 12.3. The zero-order valence-corrected chi connectivity index (χ0v) is 17.3.